The summed E-state index contributed by atoms with van der Waals surface area (Å²) in [4.78, 5) is 0. The second-order valence-electron chi connectivity index (χ2n) is 5.12. The predicted molar refractivity (Wildman–Crippen MR) is 96.6 cm³/mol. The molecular formula is C20H28O2. The van der Waals surface area contributed by atoms with Crippen molar-refractivity contribution < 1.29 is 10.2 Å². The highest BCUT2D eigenvalue weighted by atomic mass is 16.3. The van der Waals surface area contributed by atoms with E-state index in [4.69, 9.17) is 5.11 Å². The molecule has 0 aromatic carbocycles. The first-order chi connectivity index (χ1) is 10.5. The third-order valence-corrected chi connectivity index (χ3v) is 2.92. The highest BCUT2D eigenvalue weighted by molar-refractivity contribution is 5.29. The fourth-order valence-corrected chi connectivity index (χ4v) is 1.36. The summed E-state index contributed by atoms with van der Waals surface area (Å²) in [5, 5.41) is 17.9. The van der Waals surface area contributed by atoms with Crippen molar-refractivity contribution in [3.05, 3.63) is 83.6 Å². The Hall–Kier alpha value is -1.90. The van der Waals surface area contributed by atoms with Crippen molar-refractivity contribution in [1.29, 1.82) is 0 Å². The van der Waals surface area contributed by atoms with Crippen molar-refractivity contribution in [3.8, 4) is 0 Å². The van der Waals surface area contributed by atoms with E-state index in [1.54, 1.807) is 13.0 Å². The van der Waals surface area contributed by atoms with E-state index in [1.807, 2.05) is 81.5 Å². The molecule has 22 heavy (non-hydrogen) atoms. The minimum absolute atomic E-state index is 0.0660. The van der Waals surface area contributed by atoms with Crippen LogP contribution in [-0.2, 0) is 0 Å². The van der Waals surface area contributed by atoms with Crippen LogP contribution in [0.4, 0.5) is 0 Å². The Bertz CT molecular complexity index is 510. The first-order valence-electron chi connectivity index (χ1n) is 7.46. The largest absolute Gasteiger partial charge is 0.392 e. The molecule has 0 spiro atoms. The quantitative estimate of drug-likeness (QED) is 0.651. The third-order valence-electron chi connectivity index (χ3n) is 2.92. The van der Waals surface area contributed by atoms with E-state index < -0.39 is 6.10 Å². The number of hydrogen-bond donors (Lipinski definition) is 2. The number of aliphatic hydroxyl groups is 2. The molecular weight excluding hydrogens is 272 g/mol. The van der Waals surface area contributed by atoms with Crippen LogP contribution in [0.5, 0.6) is 0 Å². The average molecular weight is 300 g/mol. The van der Waals surface area contributed by atoms with Gasteiger partial charge in [-0.05, 0) is 33.3 Å². The van der Waals surface area contributed by atoms with Crippen molar-refractivity contribution in [2.45, 2.75) is 33.8 Å². The monoisotopic (exact) mass is 300 g/mol. The summed E-state index contributed by atoms with van der Waals surface area (Å²) >= 11 is 0. The van der Waals surface area contributed by atoms with Crippen LogP contribution in [0.2, 0.25) is 0 Å². The lowest BCUT2D eigenvalue weighted by molar-refractivity contribution is 0.231. The first kappa shape index (κ1) is 20.1. The van der Waals surface area contributed by atoms with Gasteiger partial charge in [0.1, 0.15) is 0 Å². The topological polar surface area (TPSA) is 40.5 Å². The molecule has 0 aromatic rings. The molecule has 0 aliphatic carbocycles. The summed E-state index contributed by atoms with van der Waals surface area (Å²) in [5.41, 5.74) is 3.22. The molecule has 0 fully saturated rings. The van der Waals surface area contributed by atoms with Crippen molar-refractivity contribution >= 4 is 0 Å². The number of allylic oxidation sites excluding steroid dienone is 12. The molecule has 0 aliphatic rings. The van der Waals surface area contributed by atoms with Crippen LogP contribution < -0.4 is 0 Å². The highest BCUT2D eigenvalue weighted by Gasteiger charge is 1.93. The Morgan fingerprint density at radius 3 is 1.86 bits per heavy atom. The Morgan fingerprint density at radius 1 is 0.818 bits per heavy atom. The minimum Gasteiger partial charge on any atom is -0.392 e. The molecule has 2 heteroatoms. The summed E-state index contributed by atoms with van der Waals surface area (Å²) in [6, 6.07) is 0. The maximum absolute atomic E-state index is 9.35. The van der Waals surface area contributed by atoms with Crippen molar-refractivity contribution in [2.24, 2.45) is 0 Å². The molecule has 0 aliphatic heterocycles. The smallest absolute Gasteiger partial charge is 0.0722 e. The molecule has 0 radical (unpaired) electrons. The summed E-state index contributed by atoms with van der Waals surface area (Å²) < 4.78 is 0. The molecule has 0 saturated carbocycles. The van der Waals surface area contributed by atoms with Gasteiger partial charge in [0.25, 0.3) is 0 Å². The molecule has 0 amide bonds. The van der Waals surface area contributed by atoms with E-state index in [2.05, 4.69) is 0 Å². The van der Waals surface area contributed by atoms with Crippen LogP contribution in [0.15, 0.2) is 83.6 Å². The Kier molecular flexibility index (Phi) is 11.7. The average Bonchev–Trinajstić information content (AvgIpc) is 2.48. The second-order valence-corrected chi connectivity index (χ2v) is 5.12. The molecule has 2 nitrogen and oxygen atoms in total. The maximum atomic E-state index is 9.35. The molecule has 120 valence electrons. The fraction of sp³-hybridized carbons (Fsp3) is 0.300. The molecule has 0 rings (SSSR count). The molecule has 0 bridgehead atoms. The minimum atomic E-state index is -0.401. The Morgan fingerprint density at radius 2 is 1.36 bits per heavy atom. The van der Waals surface area contributed by atoms with Gasteiger partial charge in [-0.1, -0.05) is 78.0 Å². The van der Waals surface area contributed by atoms with Gasteiger partial charge in [0.05, 0.1) is 12.7 Å². The van der Waals surface area contributed by atoms with Crippen molar-refractivity contribution in [1.82, 2.24) is 0 Å². The fourth-order valence-electron chi connectivity index (χ4n) is 1.36. The van der Waals surface area contributed by atoms with Crippen molar-refractivity contribution in [2.75, 3.05) is 6.61 Å². The van der Waals surface area contributed by atoms with Crippen LogP contribution in [0.3, 0.4) is 0 Å². The summed E-state index contributed by atoms with van der Waals surface area (Å²) in [6.07, 6.45) is 20.9. The molecule has 1 atom stereocenters. The number of rotatable bonds is 8. The maximum Gasteiger partial charge on any atom is 0.0722 e. The first-order valence-corrected chi connectivity index (χ1v) is 7.46. The van der Waals surface area contributed by atoms with Crippen LogP contribution in [0, 0.1) is 0 Å². The van der Waals surface area contributed by atoms with Crippen LogP contribution in [-0.4, -0.2) is 22.9 Å². The van der Waals surface area contributed by atoms with Gasteiger partial charge in [-0.3, -0.25) is 0 Å². The molecule has 0 aromatic heterocycles. The van der Waals surface area contributed by atoms with Gasteiger partial charge < -0.3 is 10.2 Å². The molecule has 0 saturated heterocycles. The molecule has 0 heterocycles. The lowest BCUT2D eigenvalue weighted by Crippen LogP contribution is -1.99. The van der Waals surface area contributed by atoms with Crippen LogP contribution in [0.25, 0.3) is 0 Å². The Labute approximate surface area is 134 Å². The Balaban J connectivity index is 4.45. The lowest BCUT2D eigenvalue weighted by Gasteiger charge is -2.00. The zero-order chi connectivity index (χ0) is 16.8. The van der Waals surface area contributed by atoms with Gasteiger partial charge in [-0.25, -0.2) is 0 Å². The van der Waals surface area contributed by atoms with Gasteiger partial charge in [-0.15, -0.1) is 0 Å². The van der Waals surface area contributed by atoms with E-state index in [9.17, 15) is 5.11 Å². The van der Waals surface area contributed by atoms with E-state index >= 15 is 0 Å². The lowest BCUT2D eigenvalue weighted by atomic mass is 10.1. The van der Waals surface area contributed by atoms with Gasteiger partial charge in [0.15, 0.2) is 0 Å². The normalized spacial score (nSPS) is 16.7. The van der Waals surface area contributed by atoms with Gasteiger partial charge in [0, 0.05) is 0 Å². The second kappa shape index (κ2) is 12.8. The zero-order valence-corrected chi connectivity index (χ0v) is 14.0. The number of aliphatic hydroxyl groups excluding tert-OH is 2. The zero-order valence-electron chi connectivity index (χ0n) is 14.0. The van der Waals surface area contributed by atoms with E-state index in [0.717, 1.165) is 16.7 Å². The van der Waals surface area contributed by atoms with Gasteiger partial charge >= 0.3 is 0 Å². The standard InChI is InChI=1S/C20H28O2/c1-17(11-6-5-9-16-21)12-7-8-13-18(2)14-10-15-19(3)20(4)22/h5-15,20-22H,16H2,1-4H3/b8-7+,9-5+,11-6+,14-10+,17-12+,18-13+,19-15+. The SMILES string of the molecule is CC(/C=C/C=C/CO)=C\C=C\C=C(C)\C=C\C=C(/C)C(C)O. The highest BCUT2D eigenvalue weighted by Crippen LogP contribution is 2.02. The summed E-state index contributed by atoms with van der Waals surface area (Å²) in [7, 11) is 0. The predicted octanol–water partition coefficient (Wildman–Crippen LogP) is 4.42. The van der Waals surface area contributed by atoms with Crippen molar-refractivity contribution in [3.63, 3.8) is 0 Å². The van der Waals surface area contributed by atoms with Crippen LogP contribution in [0.1, 0.15) is 27.7 Å². The van der Waals surface area contributed by atoms with E-state index in [-0.39, 0.29) is 6.61 Å². The van der Waals surface area contributed by atoms with Gasteiger partial charge in [-0.2, -0.15) is 0 Å². The van der Waals surface area contributed by atoms with E-state index in [0.29, 0.717) is 0 Å². The van der Waals surface area contributed by atoms with Crippen LogP contribution >= 0.6 is 0 Å². The van der Waals surface area contributed by atoms with Gasteiger partial charge in [0.2, 0.25) is 0 Å². The third kappa shape index (κ3) is 11.9. The molecule has 1 unspecified atom stereocenters. The summed E-state index contributed by atoms with van der Waals surface area (Å²) in [5.74, 6) is 0. The number of hydrogen-bond acceptors (Lipinski definition) is 2. The molecule has 2 N–H and O–H groups in total. The summed E-state index contributed by atoms with van der Waals surface area (Å²) in [6.45, 7) is 7.78. The van der Waals surface area contributed by atoms with E-state index in [1.165, 1.54) is 0 Å².